The average Bonchev–Trinajstić information content (AvgIpc) is 3.52. The van der Waals surface area contributed by atoms with E-state index in [-0.39, 0.29) is 0 Å². The van der Waals surface area contributed by atoms with Crippen LogP contribution in [0, 0.1) is 0 Å². The van der Waals surface area contributed by atoms with E-state index in [1.54, 1.807) is 0 Å². The molecule has 210 valence electrons. The van der Waals surface area contributed by atoms with Crippen LogP contribution < -0.4 is 0 Å². The minimum absolute atomic E-state index is 0.717. The molecule has 6 aromatic carbocycles. The van der Waals surface area contributed by atoms with Gasteiger partial charge in [0.2, 0.25) is 0 Å². The smallest absolute Gasteiger partial charge is 0.160 e. The summed E-state index contributed by atoms with van der Waals surface area (Å²) in [5, 5.41) is 3.57. The molecule has 4 heteroatoms. The summed E-state index contributed by atoms with van der Waals surface area (Å²) in [6, 6.07) is 54.9. The van der Waals surface area contributed by atoms with Gasteiger partial charge < -0.3 is 0 Å². The van der Waals surface area contributed by atoms with Crippen LogP contribution in [0.2, 0.25) is 0 Å². The van der Waals surface area contributed by atoms with Gasteiger partial charge in [-0.05, 0) is 46.8 Å². The zero-order valence-electron chi connectivity index (χ0n) is 24.3. The van der Waals surface area contributed by atoms with Crippen molar-refractivity contribution in [1.29, 1.82) is 0 Å². The first-order chi connectivity index (χ1) is 22.3. The van der Waals surface area contributed by atoms with Crippen LogP contribution in [0.15, 0.2) is 158 Å². The van der Waals surface area contributed by atoms with Crippen molar-refractivity contribution in [2.75, 3.05) is 0 Å². The summed E-state index contributed by atoms with van der Waals surface area (Å²) in [6.45, 7) is 0. The predicted molar refractivity (Wildman–Crippen MR) is 185 cm³/mol. The lowest BCUT2D eigenvalue weighted by Gasteiger charge is -2.12. The summed E-state index contributed by atoms with van der Waals surface area (Å²) in [5.74, 6) is 0.717. The highest BCUT2D eigenvalue weighted by Gasteiger charge is 2.15. The largest absolute Gasteiger partial charge is 0.292 e. The minimum Gasteiger partial charge on any atom is -0.292 e. The quantitative estimate of drug-likeness (QED) is 0.196. The molecule has 0 atom stereocenters. The second kappa shape index (κ2) is 10.2. The zero-order chi connectivity index (χ0) is 29.7. The van der Waals surface area contributed by atoms with Crippen LogP contribution in [0.25, 0.3) is 83.4 Å². The third-order valence-electron chi connectivity index (χ3n) is 8.60. The molecule has 0 bridgehead atoms. The Kier molecular flexibility index (Phi) is 5.78. The highest BCUT2D eigenvalue weighted by Crippen LogP contribution is 2.35. The molecule has 0 amide bonds. The number of imidazole rings is 1. The van der Waals surface area contributed by atoms with Gasteiger partial charge >= 0.3 is 0 Å². The normalized spacial score (nSPS) is 11.6. The highest BCUT2D eigenvalue weighted by atomic mass is 15.0. The average molecular weight is 575 g/mol. The SMILES string of the molecule is c1ccc(-c2cc(-c3ccc(-c4ccc5c6ccccc6n6c7ccccc7nc6c5c4)cc3)nc(-c3ccccc3)n2)cc1. The van der Waals surface area contributed by atoms with Crippen molar-refractivity contribution in [1.82, 2.24) is 19.4 Å². The van der Waals surface area contributed by atoms with E-state index in [1.165, 1.54) is 16.3 Å². The molecular formula is C41H26N4. The fourth-order valence-electron chi connectivity index (χ4n) is 6.39. The second-order valence-corrected chi connectivity index (χ2v) is 11.3. The van der Waals surface area contributed by atoms with Gasteiger partial charge in [0.25, 0.3) is 0 Å². The first-order valence-corrected chi connectivity index (χ1v) is 15.1. The number of para-hydroxylation sites is 3. The molecule has 0 aliphatic carbocycles. The Morgan fingerprint density at radius 1 is 0.356 bits per heavy atom. The first-order valence-electron chi connectivity index (χ1n) is 15.1. The van der Waals surface area contributed by atoms with Crippen LogP contribution in [0.1, 0.15) is 0 Å². The van der Waals surface area contributed by atoms with Crippen LogP contribution in [-0.4, -0.2) is 19.4 Å². The maximum atomic E-state index is 5.10. The summed E-state index contributed by atoms with van der Waals surface area (Å²) in [5.41, 5.74) is 11.5. The number of fused-ring (bicyclic) bond motifs is 8. The monoisotopic (exact) mass is 574 g/mol. The summed E-state index contributed by atoms with van der Waals surface area (Å²) >= 11 is 0. The lowest BCUT2D eigenvalue weighted by atomic mass is 9.98. The number of benzene rings is 6. The number of hydrogen-bond donors (Lipinski definition) is 0. The molecule has 0 saturated carbocycles. The molecule has 0 spiro atoms. The van der Waals surface area contributed by atoms with Crippen molar-refractivity contribution < 1.29 is 0 Å². The summed E-state index contributed by atoms with van der Waals surface area (Å²) in [6.07, 6.45) is 0. The first kappa shape index (κ1) is 25.4. The number of hydrogen-bond acceptors (Lipinski definition) is 3. The maximum absolute atomic E-state index is 5.10. The molecule has 45 heavy (non-hydrogen) atoms. The highest BCUT2D eigenvalue weighted by molar-refractivity contribution is 6.14. The third-order valence-corrected chi connectivity index (χ3v) is 8.60. The van der Waals surface area contributed by atoms with Crippen LogP contribution in [0.5, 0.6) is 0 Å². The molecule has 4 nitrogen and oxygen atoms in total. The van der Waals surface area contributed by atoms with E-state index >= 15 is 0 Å². The van der Waals surface area contributed by atoms with Crippen molar-refractivity contribution in [3.8, 4) is 45.0 Å². The summed E-state index contributed by atoms with van der Waals surface area (Å²) < 4.78 is 2.30. The Morgan fingerprint density at radius 2 is 0.933 bits per heavy atom. The molecule has 3 heterocycles. The number of pyridine rings is 1. The van der Waals surface area contributed by atoms with Crippen LogP contribution in [-0.2, 0) is 0 Å². The van der Waals surface area contributed by atoms with E-state index in [2.05, 4.69) is 126 Å². The maximum Gasteiger partial charge on any atom is 0.160 e. The zero-order valence-corrected chi connectivity index (χ0v) is 24.3. The molecule has 3 aromatic heterocycles. The van der Waals surface area contributed by atoms with Crippen molar-refractivity contribution in [2.45, 2.75) is 0 Å². The van der Waals surface area contributed by atoms with E-state index in [1.807, 2.05) is 36.4 Å². The minimum atomic E-state index is 0.717. The lowest BCUT2D eigenvalue weighted by Crippen LogP contribution is -1.95. The lowest BCUT2D eigenvalue weighted by molar-refractivity contribution is 1.18. The van der Waals surface area contributed by atoms with Gasteiger partial charge in [0, 0.05) is 27.5 Å². The van der Waals surface area contributed by atoms with Gasteiger partial charge in [-0.15, -0.1) is 0 Å². The topological polar surface area (TPSA) is 43.1 Å². The molecule has 0 aliphatic heterocycles. The number of rotatable bonds is 4. The van der Waals surface area contributed by atoms with Crippen molar-refractivity contribution >= 4 is 38.4 Å². The van der Waals surface area contributed by atoms with E-state index in [9.17, 15) is 0 Å². The van der Waals surface area contributed by atoms with Crippen LogP contribution >= 0.6 is 0 Å². The van der Waals surface area contributed by atoms with Gasteiger partial charge in [0.15, 0.2) is 5.82 Å². The molecule has 0 saturated heterocycles. The van der Waals surface area contributed by atoms with Gasteiger partial charge in [0.1, 0.15) is 5.65 Å². The van der Waals surface area contributed by atoms with Gasteiger partial charge in [-0.1, -0.05) is 127 Å². The molecule has 0 unspecified atom stereocenters. The predicted octanol–water partition coefficient (Wildman–Crippen LogP) is 10.3. The second-order valence-electron chi connectivity index (χ2n) is 11.3. The van der Waals surface area contributed by atoms with Crippen molar-refractivity contribution in [3.05, 3.63) is 158 Å². The van der Waals surface area contributed by atoms with E-state index in [0.29, 0.717) is 5.82 Å². The van der Waals surface area contributed by atoms with Crippen LogP contribution in [0.3, 0.4) is 0 Å². The Hall–Kier alpha value is -6.13. The van der Waals surface area contributed by atoms with E-state index < -0.39 is 0 Å². The van der Waals surface area contributed by atoms with Crippen molar-refractivity contribution in [3.63, 3.8) is 0 Å². The van der Waals surface area contributed by atoms with Gasteiger partial charge in [-0.3, -0.25) is 4.40 Å². The molecule has 0 radical (unpaired) electrons. The Bertz CT molecular complexity index is 2460. The van der Waals surface area contributed by atoms with Crippen LogP contribution in [0.4, 0.5) is 0 Å². The molecule has 0 aliphatic rings. The summed E-state index contributed by atoms with van der Waals surface area (Å²) in [4.78, 5) is 15.0. The summed E-state index contributed by atoms with van der Waals surface area (Å²) in [7, 11) is 0. The molecule has 9 rings (SSSR count). The Morgan fingerprint density at radius 3 is 1.69 bits per heavy atom. The van der Waals surface area contributed by atoms with Gasteiger partial charge in [0.05, 0.1) is 27.9 Å². The Balaban J connectivity index is 1.17. The van der Waals surface area contributed by atoms with Gasteiger partial charge in [-0.2, -0.15) is 0 Å². The number of nitrogens with zero attached hydrogens (tertiary/aromatic N) is 4. The standard InChI is InChI=1S/C41H26N4/c1-3-11-28(12-4-1)36-26-37(43-40(42-36)30-13-5-2-6-14-30)29-21-19-27(20-22-29)31-23-24-32-33-15-7-9-17-38(33)45-39-18-10-8-16-35(39)44-41(45)34(32)25-31/h1-26H. The van der Waals surface area contributed by atoms with E-state index in [0.717, 1.165) is 61.3 Å². The molecule has 0 N–H and O–H groups in total. The fourth-order valence-corrected chi connectivity index (χ4v) is 6.39. The molecule has 0 fully saturated rings. The van der Waals surface area contributed by atoms with Crippen molar-refractivity contribution in [2.24, 2.45) is 0 Å². The number of aromatic nitrogens is 4. The molecule has 9 aromatic rings. The van der Waals surface area contributed by atoms with E-state index in [4.69, 9.17) is 15.0 Å². The van der Waals surface area contributed by atoms with Gasteiger partial charge in [-0.25, -0.2) is 15.0 Å². The Labute approximate surface area is 259 Å². The third kappa shape index (κ3) is 4.27. The molecular weight excluding hydrogens is 548 g/mol. The fraction of sp³-hybridized carbons (Fsp3) is 0.